The lowest BCUT2D eigenvalue weighted by molar-refractivity contribution is 0.490. The zero-order chi connectivity index (χ0) is 12.3. The van der Waals surface area contributed by atoms with Gasteiger partial charge in [0.05, 0.1) is 12.3 Å². The third-order valence-electron chi connectivity index (χ3n) is 2.25. The van der Waals surface area contributed by atoms with Crippen molar-refractivity contribution in [1.82, 2.24) is 9.97 Å². The van der Waals surface area contributed by atoms with Gasteiger partial charge in [0.2, 0.25) is 0 Å². The summed E-state index contributed by atoms with van der Waals surface area (Å²) in [5.41, 5.74) is 6.06. The highest BCUT2D eigenvalue weighted by Crippen LogP contribution is 2.19. The van der Waals surface area contributed by atoms with Gasteiger partial charge in [0.1, 0.15) is 16.4 Å². The lowest BCUT2D eigenvalue weighted by Crippen LogP contribution is -2.17. The molecule has 0 amide bonds. The standard InChI is InChI=1S/C11H12N4OS/c1-7(8-3-2-6-16-8)15-11-9(10(12)17)13-4-5-14-11/h2-7H,1H3,(H2,12,17)(H,14,15). The Labute approximate surface area is 104 Å². The highest BCUT2D eigenvalue weighted by molar-refractivity contribution is 7.80. The average Bonchev–Trinajstić information content (AvgIpc) is 2.83. The van der Waals surface area contributed by atoms with Crippen LogP contribution in [0.1, 0.15) is 24.4 Å². The van der Waals surface area contributed by atoms with Crippen molar-refractivity contribution in [1.29, 1.82) is 0 Å². The molecule has 2 aromatic rings. The van der Waals surface area contributed by atoms with E-state index in [0.717, 1.165) is 5.76 Å². The number of aromatic nitrogens is 2. The van der Waals surface area contributed by atoms with Crippen LogP contribution in [0.15, 0.2) is 35.2 Å². The van der Waals surface area contributed by atoms with Gasteiger partial charge < -0.3 is 15.5 Å². The molecule has 0 aromatic carbocycles. The molecule has 88 valence electrons. The molecule has 0 fully saturated rings. The monoisotopic (exact) mass is 248 g/mol. The topological polar surface area (TPSA) is 77.0 Å². The zero-order valence-electron chi connectivity index (χ0n) is 9.25. The number of hydrogen-bond donors (Lipinski definition) is 2. The highest BCUT2D eigenvalue weighted by atomic mass is 32.1. The molecule has 17 heavy (non-hydrogen) atoms. The number of anilines is 1. The third kappa shape index (κ3) is 2.59. The summed E-state index contributed by atoms with van der Waals surface area (Å²) in [4.78, 5) is 8.47. The van der Waals surface area contributed by atoms with Crippen LogP contribution >= 0.6 is 12.2 Å². The van der Waals surface area contributed by atoms with Crippen molar-refractivity contribution in [3.63, 3.8) is 0 Å². The fourth-order valence-corrected chi connectivity index (χ4v) is 1.59. The molecule has 2 heterocycles. The van der Waals surface area contributed by atoms with Crippen molar-refractivity contribution in [2.45, 2.75) is 13.0 Å². The molecule has 0 aliphatic rings. The van der Waals surface area contributed by atoms with Gasteiger partial charge in [-0.1, -0.05) is 12.2 Å². The number of nitrogens with two attached hydrogens (primary N) is 1. The van der Waals surface area contributed by atoms with E-state index < -0.39 is 0 Å². The molecule has 0 aliphatic heterocycles. The highest BCUT2D eigenvalue weighted by Gasteiger charge is 2.13. The maximum atomic E-state index is 5.57. The first-order valence-corrected chi connectivity index (χ1v) is 5.50. The smallest absolute Gasteiger partial charge is 0.155 e. The largest absolute Gasteiger partial charge is 0.467 e. The Kier molecular flexibility index (Phi) is 3.34. The Hall–Kier alpha value is -1.95. The van der Waals surface area contributed by atoms with Crippen molar-refractivity contribution in [3.8, 4) is 0 Å². The number of furan rings is 1. The van der Waals surface area contributed by atoms with Gasteiger partial charge in [-0.15, -0.1) is 0 Å². The molecule has 0 bridgehead atoms. The first-order valence-electron chi connectivity index (χ1n) is 5.09. The Morgan fingerprint density at radius 2 is 2.24 bits per heavy atom. The summed E-state index contributed by atoms with van der Waals surface area (Å²) < 4.78 is 5.29. The number of nitrogens with one attached hydrogen (secondary N) is 1. The quantitative estimate of drug-likeness (QED) is 0.804. The molecule has 0 aliphatic carbocycles. The molecule has 2 rings (SSSR count). The van der Waals surface area contributed by atoms with Gasteiger partial charge >= 0.3 is 0 Å². The molecule has 2 aromatic heterocycles. The first kappa shape index (κ1) is 11.5. The van der Waals surface area contributed by atoms with Crippen LogP contribution in [-0.2, 0) is 0 Å². The van der Waals surface area contributed by atoms with Crippen molar-refractivity contribution < 1.29 is 4.42 Å². The van der Waals surface area contributed by atoms with Gasteiger partial charge in [0.25, 0.3) is 0 Å². The number of rotatable bonds is 4. The Morgan fingerprint density at radius 1 is 1.47 bits per heavy atom. The Morgan fingerprint density at radius 3 is 2.88 bits per heavy atom. The molecule has 0 spiro atoms. The van der Waals surface area contributed by atoms with Gasteiger partial charge in [0.15, 0.2) is 5.82 Å². The zero-order valence-corrected chi connectivity index (χ0v) is 10.1. The van der Waals surface area contributed by atoms with E-state index in [1.807, 2.05) is 19.1 Å². The fraction of sp³-hybridized carbons (Fsp3) is 0.182. The molecule has 1 atom stereocenters. The fourth-order valence-electron chi connectivity index (χ4n) is 1.44. The summed E-state index contributed by atoms with van der Waals surface area (Å²) in [5.74, 6) is 1.37. The summed E-state index contributed by atoms with van der Waals surface area (Å²) in [6.07, 6.45) is 4.76. The maximum absolute atomic E-state index is 5.57. The average molecular weight is 248 g/mol. The summed E-state index contributed by atoms with van der Waals surface area (Å²) in [6, 6.07) is 3.68. The van der Waals surface area contributed by atoms with E-state index in [4.69, 9.17) is 22.4 Å². The van der Waals surface area contributed by atoms with E-state index in [0.29, 0.717) is 11.5 Å². The molecule has 6 heteroatoms. The predicted octanol–water partition coefficient (Wildman–Crippen LogP) is 1.88. The molecular formula is C11H12N4OS. The second kappa shape index (κ2) is 4.92. The first-order chi connectivity index (χ1) is 8.18. The van der Waals surface area contributed by atoms with Crippen LogP contribution in [0.25, 0.3) is 0 Å². The second-order valence-corrected chi connectivity index (χ2v) is 3.94. The second-order valence-electron chi connectivity index (χ2n) is 3.50. The Bertz CT molecular complexity index is 512. The number of hydrogen-bond acceptors (Lipinski definition) is 5. The van der Waals surface area contributed by atoms with E-state index in [2.05, 4.69) is 15.3 Å². The minimum atomic E-state index is -0.0326. The van der Waals surface area contributed by atoms with Crippen LogP contribution < -0.4 is 11.1 Å². The molecule has 0 radical (unpaired) electrons. The van der Waals surface area contributed by atoms with Crippen LogP contribution in [0.3, 0.4) is 0 Å². The molecule has 0 saturated heterocycles. The van der Waals surface area contributed by atoms with E-state index in [1.165, 1.54) is 0 Å². The van der Waals surface area contributed by atoms with Crippen molar-refractivity contribution >= 4 is 23.0 Å². The van der Waals surface area contributed by atoms with Crippen LogP contribution in [0, 0.1) is 0 Å². The van der Waals surface area contributed by atoms with Crippen LogP contribution in [0.2, 0.25) is 0 Å². The SMILES string of the molecule is CC(Nc1nccnc1C(N)=S)c1ccco1. The van der Waals surface area contributed by atoms with E-state index in [-0.39, 0.29) is 11.0 Å². The molecule has 1 unspecified atom stereocenters. The lowest BCUT2D eigenvalue weighted by atomic mass is 10.2. The molecular weight excluding hydrogens is 236 g/mol. The van der Waals surface area contributed by atoms with Crippen molar-refractivity contribution in [3.05, 3.63) is 42.2 Å². The molecule has 5 nitrogen and oxygen atoms in total. The number of thiocarbonyl (C=S) groups is 1. The minimum Gasteiger partial charge on any atom is -0.467 e. The van der Waals surface area contributed by atoms with Crippen LogP contribution in [0.5, 0.6) is 0 Å². The van der Waals surface area contributed by atoms with Gasteiger partial charge in [-0.3, -0.25) is 0 Å². The number of nitrogens with zero attached hydrogens (tertiary/aromatic N) is 2. The van der Waals surface area contributed by atoms with Gasteiger partial charge in [0, 0.05) is 12.4 Å². The van der Waals surface area contributed by atoms with Crippen molar-refractivity contribution in [2.75, 3.05) is 5.32 Å². The predicted molar refractivity (Wildman–Crippen MR) is 68.7 cm³/mol. The molecule has 3 N–H and O–H groups in total. The van der Waals surface area contributed by atoms with E-state index in [9.17, 15) is 0 Å². The van der Waals surface area contributed by atoms with Gasteiger partial charge in [-0.2, -0.15) is 0 Å². The van der Waals surface area contributed by atoms with E-state index >= 15 is 0 Å². The third-order valence-corrected chi connectivity index (χ3v) is 2.45. The van der Waals surface area contributed by atoms with E-state index in [1.54, 1.807) is 18.7 Å². The van der Waals surface area contributed by atoms with Crippen molar-refractivity contribution in [2.24, 2.45) is 5.73 Å². The van der Waals surface area contributed by atoms with Crippen LogP contribution in [-0.4, -0.2) is 15.0 Å². The lowest BCUT2D eigenvalue weighted by Gasteiger charge is -2.13. The minimum absolute atomic E-state index is 0.0326. The van der Waals surface area contributed by atoms with Gasteiger partial charge in [-0.25, -0.2) is 9.97 Å². The summed E-state index contributed by atoms with van der Waals surface area (Å²) in [5, 5.41) is 3.16. The summed E-state index contributed by atoms with van der Waals surface area (Å²) in [7, 11) is 0. The maximum Gasteiger partial charge on any atom is 0.155 e. The summed E-state index contributed by atoms with van der Waals surface area (Å²) >= 11 is 4.91. The Balaban J connectivity index is 2.21. The van der Waals surface area contributed by atoms with Gasteiger partial charge in [-0.05, 0) is 19.1 Å². The summed E-state index contributed by atoms with van der Waals surface area (Å²) in [6.45, 7) is 1.96. The van der Waals surface area contributed by atoms with Crippen LogP contribution in [0.4, 0.5) is 5.82 Å². The normalized spacial score (nSPS) is 12.1. The molecule has 0 saturated carbocycles.